The summed E-state index contributed by atoms with van der Waals surface area (Å²) in [5.74, 6) is 0.657. The first-order valence-corrected chi connectivity index (χ1v) is 7.68. The molecule has 1 N–H and O–H groups in total. The lowest BCUT2D eigenvalue weighted by atomic mass is 9.93. The molecule has 0 bridgehead atoms. The van der Waals surface area contributed by atoms with Crippen LogP contribution in [0.5, 0.6) is 0 Å². The highest BCUT2D eigenvalue weighted by Gasteiger charge is 2.34. The number of nitrogens with zero attached hydrogens (tertiary/aromatic N) is 1. The van der Waals surface area contributed by atoms with Gasteiger partial charge in [-0.2, -0.15) is 0 Å². The predicted molar refractivity (Wildman–Crippen MR) is 81.2 cm³/mol. The van der Waals surface area contributed by atoms with Crippen LogP contribution >= 0.6 is 27.5 Å². The second-order valence-corrected chi connectivity index (χ2v) is 6.14. The van der Waals surface area contributed by atoms with Crippen molar-refractivity contribution in [1.82, 2.24) is 10.2 Å². The van der Waals surface area contributed by atoms with E-state index in [1.165, 1.54) is 23.0 Å². The predicted octanol–water partition coefficient (Wildman–Crippen LogP) is 3.70. The number of rotatable bonds is 4. The zero-order valence-corrected chi connectivity index (χ0v) is 13.3. The Labute approximate surface area is 123 Å². The van der Waals surface area contributed by atoms with Crippen LogP contribution in [0.3, 0.4) is 0 Å². The van der Waals surface area contributed by atoms with Gasteiger partial charge >= 0.3 is 0 Å². The van der Waals surface area contributed by atoms with E-state index in [0.29, 0.717) is 12.0 Å². The van der Waals surface area contributed by atoms with Crippen LogP contribution < -0.4 is 5.32 Å². The Morgan fingerprint density at radius 1 is 1.50 bits per heavy atom. The van der Waals surface area contributed by atoms with Crippen molar-refractivity contribution in [3.63, 3.8) is 0 Å². The summed E-state index contributed by atoms with van der Waals surface area (Å²) in [6, 6.07) is 6.57. The topological polar surface area (TPSA) is 15.3 Å². The molecule has 2 nitrogen and oxygen atoms in total. The largest absolute Gasteiger partial charge is 0.319 e. The highest BCUT2D eigenvalue weighted by Crippen LogP contribution is 2.40. The molecule has 1 heterocycles. The SMILES string of the molecule is CCN1CCC(CNC)C1c1cc(Cl)ccc1Br. The minimum atomic E-state index is 0.468. The molecule has 2 unspecified atom stereocenters. The Morgan fingerprint density at radius 2 is 2.28 bits per heavy atom. The van der Waals surface area contributed by atoms with Crippen LogP contribution in [0.1, 0.15) is 24.9 Å². The van der Waals surface area contributed by atoms with E-state index < -0.39 is 0 Å². The van der Waals surface area contributed by atoms with Crippen LogP contribution in [0.15, 0.2) is 22.7 Å². The normalized spacial score (nSPS) is 24.7. The second kappa shape index (κ2) is 6.38. The molecule has 2 atom stereocenters. The van der Waals surface area contributed by atoms with E-state index in [-0.39, 0.29) is 0 Å². The third-order valence-electron chi connectivity index (χ3n) is 3.78. The van der Waals surface area contributed by atoms with Gasteiger partial charge in [-0.05, 0) is 62.8 Å². The molecule has 0 radical (unpaired) electrons. The Morgan fingerprint density at radius 3 is 2.94 bits per heavy atom. The van der Waals surface area contributed by atoms with Crippen molar-refractivity contribution in [2.45, 2.75) is 19.4 Å². The van der Waals surface area contributed by atoms with Crippen molar-refractivity contribution in [1.29, 1.82) is 0 Å². The van der Waals surface area contributed by atoms with Gasteiger partial charge < -0.3 is 5.32 Å². The molecule has 1 aromatic rings. The van der Waals surface area contributed by atoms with Gasteiger partial charge in [-0.3, -0.25) is 4.90 Å². The summed E-state index contributed by atoms with van der Waals surface area (Å²) in [7, 11) is 2.03. The van der Waals surface area contributed by atoms with Crippen molar-refractivity contribution < 1.29 is 0 Å². The lowest BCUT2D eigenvalue weighted by Gasteiger charge is -2.28. The first kappa shape index (κ1) is 14.3. The molecule has 18 heavy (non-hydrogen) atoms. The highest BCUT2D eigenvalue weighted by atomic mass is 79.9. The Bertz CT molecular complexity index is 411. The van der Waals surface area contributed by atoms with Gasteiger partial charge in [-0.25, -0.2) is 0 Å². The molecule has 4 heteroatoms. The zero-order valence-electron chi connectivity index (χ0n) is 10.9. The van der Waals surface area contributed by atoms with E-state index in [4.69, 9.17) is 11.6 Å². The molecule has 0 aromatic heterocycles. The van der Waals surface area contributed by atoms with Crippen LogP contribution in [0.2, 0.25) is 5.02 Å². The van der Waals surface area contributed by atoms with E-state index in [0.717, 1.165) is 18.1 Å². The molecular formula is C14H20BrClN2. The zero-order chi connectivity index (χ0) is 13.1. The number of likely N-dealkylation sites (tertiary alicyclic amines) is 1. The Kier molecular flexibility index (Phi) is 5.07. The van der Waals surface area contributed by atoms with E-state index >= 15 is 0 Å². The van der Waals surface area contributed by atoms with Crippen LogP contribution in [0.4, 0.5) is 0 Å². The maximum atomic E-state index is 6.16. The van der Waals surface area contributed by atoms with Crippen molar-refractivity contribution in [3.05, 3.63) is 33.3 Å². The second-order valence-electron chi connectivity index (χ2n) is 4.85. The Hall–Kier alpha value is -0.0900. The molecule has 100 valence electrons. The van der Waals surface area contributed by atoms with Crippen molar-refractivity contribution in [2.24, 2.45) is 5.92 Å². The van der Waals surface area contributed by atoms with Gasteiger partial charge in [0.25, 0.3) is 0 Å². The summed E-state index contributed by atoms with van der Waals surface area (Å²) in [6.07, 6.45) is 1.25. The molecule has 1 aromatic carbocycles. The fourth-order valence-corrected chi connectivity index (χ4v) is 3.61. The smallest absolute Gasteiger partial charge is 0.0410 e. The molecular weight excluding hydrogens is 312 g/mol. The summed E-state index contributed by atoms with van der Waals surface area (Å²) in [5.41, 5.74) is 1.32. The molecule has 1 fully saturated rings. The van der Waals surface area contributed by atoms with Gasteiger partial charge in [0.15, 0.2) is 0 Å². The van der Waals surface area contributed by atoms with Gasteiger partial charge in [0, 0.05) is 15.5 Å². The van der Waals surface area contributed by atoms with Crippen LogP contribution in [0, 0.1) is 5.92 Å². The maximum absolute atomic E-state index is 6.16. The quantitative estimate of drug-likeness (QED) is 0.905. The monoisotopic (exact) mass is 330 g/mol. The average Bonchev–Trinajstić information content (AvgIpc) is 2.75. The van der Waals surface area contributed by atoms with Gasteiger partial charge in [-0.15, -0.1) is 0 Å². The first-order valence-electron chi connectivity index (χ1n) is 6.51. The Balaban J connectivity index is 2.33. The minimum Gasteiger partial charge on any atom is -0.319 e. The summed E-state index contributed by atoms with van der Waals surface area (Å²) in [6.45, 7) is 5.55. The first-order chi connectivity index (χ1) is 8.67. The van der Waals surface area contributed by atoms with Crippen molar-refractivity contribution in [3.8, 4) is 0 Å². The third-order valence-corrected chi connectivity index (χ3v) is 4.73. The van der Waals surface area contributed by atoms with E-state index in [1.807, 2.05) is 13.1 Å². The number of halogens is 2. The molecule has 1 aliphatic rings. The lowest BCUT2D eigenvalue weighted by Crippen LogP contribution is -2.29. The van der Waals surface area contributed by atoms with Gasteiger partial charge in [0.05, 0.1) is 0 Å². The number of hydrogen-bond acceptors (Lipinski definition) is 2. The van der Waals surface area contributed by atoms with E-state index in [1.54, 1.807) is 0 Å². The molecule has 2 rings (SSSR count). The highest BCUT2D eigenvalue weighted by molar-refractivity contribution is 9.10. The van der Waals surface area contributed by atoms with Gasteiger partial charge in [0.1, 0.15) is 0 Å². The molecule has 0 saturated carbocycles. The summed E-state index contributed by atoms with van der Waals surface area (Å²) in [5, 5.41) is 4.13. The lowest BCUT2D eigenvalue weighted by molar-refractivity contribution is 0.237. The van der Waals surface area contributed by atoms with E-state index in [2.05, 4.69) is 45.2 Å². The summed E-state index contributed by atoms with van der Waals surface area (Å²) >= 11 is 9.83. The fraction of sp³-hybridized carbons (Fsp3) is 0.571. The molecule has 0 spiro atoms. The molecule has 0 amide bonds. The summed E-state index contributed by atoms with van der Waals surface area (Å²) < 4.78 is 1.17. The number of nitrogens with one attached hydrogen (secondary N) is 1. The standard InChI is InChI=1S/C14H20BrClN2/c1-3-18-7-6-10(9-17-2)14(18)12-8-11(16)4-5-13(12)15/h4-5,8,10,14,17H,3,6-7,9H2,1-2H3. The van der Waals surface area contributed by atoms with Gasteiger partial charge in [0.2, 0.25) is 0 Å². The minimum absolute atomic E-state index is 0.468. The molecule has 1 aliphatic heterocycles. The molecule has 1 saturated heterocycles. The summed E-state index contributed by atoms with van der Waals surface area (Å²) in [4.78, 5) is 2.54. The van der Waals surface area contributed by atoms with Crippen molar-refractivity contribution >= 4 is 27.5 Å². The average molecular weight is 332 g/mol. The van der Waals surface area contributed by atoms with E-state index in [9.17, 15) is 0 Å². The molecule has 0 aliphatic carbocycles. The van der Waals surface area contributed by atoms with Crippen LogP contribution in [-0.4, -0.2) is 31.6 Å². The van der Waals surface area contributed by atoms with Crippen LogP contribution in [-0.2, 0) is 0 Å². The number of hydrogen-bond donors (Lipinski definition) is 1. The maximum Gasteiger partial charge on any atom is 0.0410 e. The number of benzene rings is 1. The third kappa shape index (κ3) is 2.90. The van der Waals surface area contributed by atoms with Crippen molar-refractivity contribution in [2.75, 3.05) is 26.7 Å². The fourth-order valence-electron chi connectivity index (χ4n) is 2.95. The van der Waals surface area contributed by atoms with Gasteiger partial charge in [-0.1, -0.05) is 34.5 Å². The van der Waals surface area contributed by atoms with Crippen LogP contribution in [0.25, 0.3) is 0 Å².